The summed E-state index contributed by atoms with van der Waals surface area (Å²) >= 11 is 11.0. The molecule has 1 aromatic carbocycles. The summed E-state index contributed by atoms with van der Waals surface area (Å²) in [6.45, 7) is 1.99. The van der Waals surface area contributed by atoms with Crippen molar-refractivity contribution in [3.63, 3.8) is 0 Å². The van der Waals surface area contributed by atoms with Gasteiger partial charge >= 0.3 is 0 Å². The Morgan fingerprint density at radius 2 is 2.11 bits per heavy atom. The van der Waals surface area contributed by atoms with Crippen molar-refractivity contribution in [3.8, 4) is 0 Å². The van der Waals surface area contributed by atoms with Crippen molar-refractivity contribution < 1.29 is 0 Å². The molecule has 1 aromatic heterocycles. The van der Waals surface area contributed by atoms with E-state index in [4.69, 9.17) is 29.6 Å². The summed E-state index contributed by atoms with van der Waals surface area (Å²) in [4.78, 5) is 4.45. The van der Waals surface area contributed by atoms with Gasteiger partial charge in [-0.25, -0.2) is 0 Å². The highest BCUT2D eigenvalue weighted by Gasteiger charge is 2.04. The van der Waals surface area contributed by atoms with E-state index in [0.29, 0.717) is 10.7 Å². The molecule has 5 heteroatoms. The van der Waals surface area contributed by atoms with Crippen LogP contribution in [0.3, 0.4) is 0 Å². The highest BCUT2D eigenvalue weighted by molar-refractivity contribution is 7.80. The van der Waals surface area contributed by atoms with Crippen LogP contribution >= 0.6 is 23.8 Å². The summed E-state index contributed by atoms with van der Waals surface area (Å²) in [7, 11) is 0. The lowest BCUT2D eigenvalue weighted by molar-refractivity contribution is 1.28. The van der Waals surface area contributed by atoms with Gasteiger partial charge in [-0.1, -0.05) is 36.0 Å². The van der Waals surface area contributed by atoms with Crippen molar-refractivity contribution in [1.82, 2.24) is 4.98 Å². The van der Waals surface area contributed by atoms with Crippen LogP contribution < -0.4 is 11.1 Å². The van der Waals surface area contributed by atoms with Gasteiger partial charge in [0.25, 0.3) is 0 Å². The van der Waals surface area contributed by atoms with Gasteiger partial charge in [0.05, 0.1) is 28.3 Å². The maximum Gasteiger partial charge on any atom is 0.122 e. The number of halogens is 1. The van der Waals surface area contributed by atoms with Crippen LogP contribution in [0.15, 0.2) is 36.5 Å². The highest BCUT2D eigenvalue weighted by Crippen LogP contribution is 2.28. The van der Waals surface area contributed by atoms with Crippen LogP contribution in [-0.2, 0) is 0 Å². The van der Waals surface area contributed by atoms with E-state index in [9.17, 15) is 0 Å². The first-order valence-corrected chi connectivity index (χ1v) is 6.14. The molecular formula is C13H12ClN3S. The van der Waals surface area contributed by atoms with Crippen LogP contribution in [0.4, 0.5) is 11.4 Å². The van der Waals surface area contributed by atoms with Crippen molar-refractivity contribution in [2.24, 2.45) is 5.73 Å². The molecule has 2 aromatic rings. The summed E-state index contributed by atoms with van der Waals surface area (Å²) in [5, 5.41) is 3.90. The fourth-order valence-corrected chi connectivity index (χ4v) is 1.94. The van der Waals surface area contributed by atoms with E-state index in [1.165, 1.54) is 0 Å². The number of hydrogen-bond donors (Lipinski definition) is 2. The molecule has 2 rings (SSSR count). The van der Waals surface area contributed by atoms with Gasteiger partial charge in [-0.2, -0.15) is 0 Å². The first-order chi connectivity index (χ1) is 8.58. The third-order valence-electron chi connectivity index (χ3n) is 2.51. The molecule has 0 aliphatic heterocycles. The molecule has 0 spiro atoms. The number of nitrogens with one attached hydrogen (secondary N) is 1. The SMILES string of the molecule is Cc1cccc(Cl)c1Nc1ccc(C(N)=S)nc1. The van der Waals surface area contributed by atoms with Crippen LogP contribution in [0.2, 0.25) is 5.02 Å². The van der Waals surface area contributed by atoms with Crippen molar-refractivity contribution in [2.75, 3.05) is 5.32 Å². The lowest BCUT2D eigenvalue weighted by atomic mass is 10.2. The summed E-state index contributed by atoms with van der Waals surface area (Å²) < 4.78 is 0. The third kappa shape index (κ3) is 2.78. The number of anilines is 2. The minimum atomic E-state index is 0.287. The lowest BCUT2D eigenvalue weighted by Gasteiger charge is -2.11. The first kappa shape index (κ1) is 12.8. The minimum absolute atomic E-state index is 0.287. The first-order valence-electron chi connectivity index (χ1n) is 5.36. The van der Waals surface area contributed by atoms with Gasteiger partial charge < -0.3 is 11.1 Å². The maximum absolute atomic E-state index is 6.14. The zero-order valence-electron chi connectivity index (χ0n) is 9.77. The number of aryl methyl sites for hydroxylation is 1. The fraction of sp³-hybridized carbons (Fsp3) is 0.0769. The molecule has 1 heterocycles. The number of nitrogens with two attached hydrogens (primary N) is 1. The van der Waals surface area contributed by atoms with Crippen LogP contribution in [0, 0.1) is 6.92 Å². The number of pyridine rings is 1. The fourth-order valence-electron chi connectivity index (χ4n) is 1.55. The number of rotatable bonds is 3. The van der Waals surface area contributed by atoms with Gasteiger partial charge in [-0.15, -0.1) is 0 Å². The Kier molecular flexibility index (Phi) is 3.79. The number of aromatic nitrogens is 1. The number of hydrogen-bond acceptors (Lipinski definition) is 3. The maximum atomic E-state index is 6.14. The highest BCUT2D eigenvalue weighted by atomic mass is 35.5. The predicted octanol–water partition coefficient (Wildman–Crippen LogP) is 3.42. The molecular weight excluding hydrogens is 266 g/mol. The number of benzene rings is 1. The zero-order valence-corrected chi connectivity index (χ0v) is 11.3. The molecule has 0 aliphatic rings. The average Bonchev–Trinajstić information content (AvgIpc) is 2.34. The molecule has 3 nitrogen and oxygen atoms in total. The molecule has 0 saturated carbocycles. The van der Waals surface area contributed by atoms with Gasteiger partial charge in [-0.05, 0) is 30.7 Å². The third-order valence-corrected chi connectivity index (χ3v) is 3.03. The van der Waals surface area contributed by atoms with Gasteiger partial charge in [0, 0.05) is 0 Å². The monoisotopic (exact) mass is 277 g/mol. The Hall–Kier alpha value is -1.65. The van der Waals surface area contributed by atoms with E-state index in [-0.39, 0.29) is 4.99 Å². The van der Waals surface area contributed by atoms with Crippen molar-refractivity contribution >= 4 is 40.2 Å². The summed E-state index contributed by atoms with van der Waals surface area (Å²) in [6.07, 6.45) is 1.68. The van der Waals surface area contributed by atoms with Crippen LogP contribution in [0.25, 0.3) is 0 Å². The molecule has 0 atom stereocenters. The molecule has 0 unspecified atom stereocenters. The number of thiocarbonyl (C=S) groups is 1. The Balaban J connectivity index is 2.26. The number of nitrogens with zero attached hydrogens (tertiary/aromatic N) is 1. The van der Waals surface area contributed by atoms with E-state index in [1.807, 2.05) is 31.2 Å². The molecule has 3 N–H and O–H groups in total. The number of para-hydroxylation sites is 1. The van der Waals surface area contributed by atoms with Crippen LogP contribution in [-0.4, -0.2) is 9.97 Å². The molecule has 0 aliphatic carbocycles. The zero-order chi connectivity index (χ0) is 13.1. The smallest absolute Gasteiger partial charge is 0.122 e. The van der Waals surface area contributed by atoms with Gasteiger partial charge in [0.15, 0.2) is 0 Å². The predicted molar refractivity (Wildman–Crippen MR) is 79.6 cm³/mol. The Morgan fingerprint density at radius 1 is 1.33 bits per heavy atom. The Labute approximate surface area is 116 Å². The lowest BCUT2D eigenvalue weighted by Crippen LogP contribution is -2.11. The van der Waals surface area contributed by atoms with Crippen LogP contribution in [0.1, 0.15) is 11.3 Å². The average molecular weight is 278 g/mol. The Bertz CT molecular complexity index is 561. The molecule has 0 fully saturated rings. The van der Waals surface area contributed by atoms with E-state index in [2.05, 4.69) is 10.3 Å². The summed E-state index contributed by atoms with van der Waals surface area (Å²) in [5.41, 5.74) is 8.88. The quantitative estimate of drug-likeness (QED) is 0.844. The van der Waals surface area contributed by atoms with Gasteiger partial charge in [0.1, 0.15) is 4.99 Å². The molecule has 92 valence electrons. The topological polar surface area (TPSA) is 50.9 Å². The van der Waals surface area contributed by atoms with Crippen LogP contribution in [0.5, 0.6) is 0 Å². The summed E-state index contributed by atoms with van der Waals surface area (Å²) in [6, 6.07) is 9.39. The molecule has 0 amide bonds. The molecule has 0 radical (unpaired) electrons. The van der Waals surface area contributed by atoms with Gasteiger partial charge in [-0.3, -0.25) is 4.98 Å². The largest absolute Gasteiger partial charge is 0.388 e. The van der Waals surface area contributed by atoms with Crippen molar-refractivity contribution in [3.05, 3.63) is 52.8 Å². The second-order valence-electron chi connectivity index (χ2n) is 3.85. The normalized spacial score (nSPS) is 10.1. The molecule has 0 saturated heterocycles. The second kappa shape index (κ2) is 5.33. The molecule has 0 bridgehead atoms. The van der Waals surface area contributed by atoms with Crippen molar-refractivity contribution in [2.45, 2.75) is 6.92 Å². The Morgan fingerprint density at radius 3 is 2.67 bits per heavy atom. The van der Waals surface area contributed by atoms with E-state index in [0.717, 1.165) is 16.9 Å². The van der Waals surface area contributed by atoms with E-state index in [1.54, 1.807) is 12.3 Å². The summed E-state index contributed by atoms with van der Waals surface area (Å²) in [5.74, 6) is 0. The van der Waals surface area contributed by atoms with E-state index < -0.39 is 0 Å². The van der Waals surface area contributed by atoms with E-state index >= 15 is 0 Å². The minimum Gasteiger partial charge on any atom is -0.388 e. The standard InChI is InChI=1S/C13H12ClN3S/c1-8-3-2-4-10(14)12(8)17-9-5-6-11(13(15)18)16-7-9/h2-7,17H,1H3,(H2,15,18). The molecule has 18 heavy (non-hydrogen) atoms. The van der Waals surface area contributed by atoms with Gasteiger partial charge in [0.2, 0.25) is 0 Å². The second-order valence-corrected chi connectivity index (χ2v) is 4.70. The van der Waals surface area contributed by atoms with Crippen molar-refractivity contribution in [1.29, 1.82) is 0 Å².